The average Bonchev–Trinajstić information content (AvgIpc) is 2.97. The van der Waals surface area contributed by atoms with E-state index in [4.69, 9.17) is 14.0 Å². The van der Waals surface area contributed by atoms with E-state index in [-0.39, 0.29) is 6.10 Å². The molecular weight excluding hydrogens is 270 g/mol. The molecule has 0 bridgehead atoms. The van der Waals surface area contributed by atoms with Crippen molar-refractivity contribution in [1.82, 2.24) is 15.5 Å². The first-order valence-corrected chi connectivity index (χ1v) is 8.09. The lowest BCUT2D eigenvalue weighted by Gasteiger charge is -2.22. The molecule has 1 aromatic heterocycles. The second kappa shape index (κ2) is 9.12. The highest BCUT2D eigenvalue weighted by molar-refractivity contribution is 4.91. The summed E-state index contributed by atoms with van der Waals surface area (Å²) in [6.45, 7) is 7.49. The Kier molecular flexibility index (Phi) is 7.12. The number of ether oxygens (including phenoxy) is 2. The molecule has 120 valence electrons. The van der Waals surface area contributed by atoms with Gasteiger partial charge >= 0.3 is 0 Å². The van der Waals surface area contributed by atoms with Crippen LogP contribution in [0.2, 0.25) is 0 Å². The van der Waals surface area contributed by atoms with E-state index < -0.39 is 0 Å². The molecule has 1 atom stereocenters. The van der Waals surface area contributed by atoms with Gasteiger partial charge in [-0.15, -0.1) is 0 Å². The largest absolute Gasteiger partial charge is 0.378 e. The van der Waals surface area contributed by atoms with E-state index in [2.05, 4.69) is 22.4 Å². The SMILES string of the molecule is CCCC(OCC)c1noc(CCOC2CCNCC2)n1. The molecule has 2 heterocycles. The lowest BCUT2D eigenvalue weighted by atomic mass is 10.1. The number of nitrogens with zero attached hydrogens (tertiary/aromatic N) is 2. The third-order valence-electron chi connectivity index (χ3n) is 3.65. The van der Waals surface area contributed by atoms with Gasteiger partial charge in [-0.25, -0.2) is 0 Å². The average molecular weight is 297 g/mol. The fourth-order valence-electron chi connectivity index (χ4n) is 2.53. The molecule has 1 aliphatic rings. The minimum Gasteiger partial charge on any atom is -0.378 e. The van der Waals surface area contributed by atoms with Crippen molar-refractivity contribution in [2.75, 3.05) is 26.3 Å². The van der Waals surface area contributed by atoms with Crippen LogP contribution in [0.5, 0.6) is 0 Å². The van der Waals surface area contributed by atoms with Crippen molar-refractivity contribution in [1.29, 1.82) is 0 Å². The third-order valence-corrected chi connectivity index (χ3v) is 3.65. The van der Waals surface area contributed by atoms with Gasteiger partial charge in [-0.3, -0.25) is 0 Å². The highest BCUT2D eigenvalue weighted by Gasteiger charge is 2.18. The Morgan fingerprint density at radius 3 is 2.86 bits per heavy atom. The Morgan fingerprint density at radius 2 is 2.14 bits per heavy atom. The maximum atomic E-state index is 5.85. The zero-order valence-corrected chi connectivity index (χ0v) is 13.1. The third kappa shape index (κ3) is 5.37. The molecule has 2 rings (SSSR count). The predicted octanol–water partition coefficient (Wildman–Crippen LogP) is 2.26. The second-order valence-corrected chi connectivity index (χ2v) is 5.35. The molecule has 1 aliphatic heterocycles. The number of hydrogen-bond acceptors (Lipinski definition) is 6. The summed E-state index contributed by atoms with van der Waals surface area (Å²) in [5.74, 6) is 1.30. The summed E-state index contributed by atoms with van der Waals surface area (Å²) in [4.78, 5) is 4.44. The Balaban J connectivity index is 1.76. The smallest absolute Gasteiger partial charge is 0.229 e. The number of piperidine rings is 1. The maximum absolute atomic E-state index is 5.85. The summed E-state index contributed by atoms with van der Waals surface area (Å²) in [6.07, 6.45) is 5.09. The van der Waals surface area contributed by atoms with E-state index in [1.165, 1.54) is 0 Å². The first-order valence-electron chi connectivity index (χ1n) is 8.09. The first kappa shape index (κ1) is 16.4. The van der Waals surface area contributed by atoms with Crippen LogP contribution >= 0.6 is 0 Å². The van der Waals surface area contributed by atoms with Crippen LogP contribution in [0.1, 0.15) is 57.3 Å². The molecule has 1 fully saturated rings. The van der Waals surface area contributed by atoms with Crippen LogP contribution in [0.4, 0.5) is 0 Å². The topological polar surface area (TPSA) is 69.4 Å². The lowest BCUT2D eigenvalue weighted by Crippen LogP contribution is -2.32. The quantitative estimate of drug-likeness (QED) is 0.754. The van der Waals surface area contributed by atoms with Crippen LogP contribution in [-0.4, -0.2) is 42.5 Å². The fraction of sp³-hybridized carbons (Fsp3) is 0.867. The lowest BCUT2D eigenvalue weighted by molar-refractivity contribution is 0.0322. The minimum absolute atomic E-state index is 0.0529. The molecule has 1 unspecified atom stereocenters. The molecule has 0 aliphatic carbocycles. The number of rotatable bonds is 9. The Hall–Kier alpha value is -0.980. The van der Waals surface area contributed by atoms with E-state index in [0.717, 1.165) is 38.8 Å². The molecule has 6 heteroatoms. The first-order chi connectivity index (χ1) is 10.3. The summed E-state index contributed by atoms with van der Waals surface area (Å²) >= 11 is 0. The molecule has 1 N–H and O–H groups in total. The molecule has 0 aromatic carbocycles. The van der Waals surface area contributed by atoms with Gasteiger partial charge in [0.2, 0.25) is 11.7 Å². The van der Waals surface area contributed by atoms with Crippen molar-refractivity contribution in [2.45, 2.75) is 58.2 Å². The zero-order valence-electron chi connectivity index (χ0n) is 13.1. The van der Waals surface area contributed by atoms with Crippen molar-refractivity contribution in [2.24, 2.45) is 0 Å². The van der Waals surface area contributed by atoms with Crippen molar-refractivity contribution in [3.05, 3.63) is 11.7 Å². The van der Waals surface area contributed by atoms with Gasteiger partial charge in [0.25, 0.3) is 0 Å². The van der Waals surface area contributed by atoms with Gasteiger partial charge in [-0.05, 0) is 39.3 Å². The Bertz CT molecular complexity index is 385. The number of hydrogen-bond donors (Lipinski definition) is 1. The maximum Gasteiger partial charge on any atom is 0.229 e. The highest BCUT2D eigenvalue weighted by atomic mass is 16.5. The van der Waals surface area contributed by atoms with Crippen LogP contribution in [-0.2, 0) is 15.9 Å². The number of aromatic nitrogens is 2. The van der Waals surface area contributed by atoms with Gasteiger partial charge in [0.05, 0.1) is 19.1 Å². The monoisotopic (exact) mass is 297 g/mol. The summed E-state index contributed by atoms with van der Waals surface area (Å²) < 4.78 is 16.8. The molecule has 6 nitrogen and oxygen atoms in total. The summed E-state index contributed by atoms with van der Waals surface area (Å²) in [6, 6.07) is 0. The summed E-state index contributed by atoms with van der Waals surface area (Å²) in [5.41, 5.74) is 0. The molecule has 21 heavy (non-hydrogen) atoms. The van der Waals surface area contributed by atoms with Gasteiger partial charge in [0.1, 0.15) is 6.10 Å². The van der Waals surface area contributed by atoms with Crippen LogP contribution in [0.3, 0.4) is 0 Å². The molecular formula is C15H27N3O3. The predicted molar refractivity (Wildman–Crippen MR) is 79.1 cm³/mol. The molecule has 0 saturated carbocycles. The standard InChI is InChI=1S/C15H27N3O3/c1-3-5-13(19-4-2)15-17-14(21-18-15)8-11-20-12-6-9-16-10-7-12/h12-13,16H,3-11H2,1-2H3. The van der Waals surface area contributed by atoms with Crippen LogP contribution in [0.25, 0.3) is 0 Å². The van der Waals surface area contributed by atoms with E-state index >= 15 is 0 Å². The molecule has 1 saturated heterocycles. The molecule has 0 radical (unpaired) electrons. The second-order valence-electron chi connectivity index (χ2n) is 5.35. The van der Waals surface area contributed by atoms with Crippen molar-refractivity contribution in [3.63, 3.8) is 0 Å². The van der Waals surface area contributed by atoms with E-state index in [0.29, 0.717) is 37.5 Å². The van der Waals surface area contributed by atoms with Crippen molar-refractivity contribution in [3.8, 4) is 0 Å². The van der Waals surface area contributed by atoms with Gasteiger partial charge in [-0.2, -0.15) is 4.98 Å². The number of nitrogens with one attached hydrogen (secondary N) is 1. The van der Waals surface area contributed by atoms with Gasteiger partial charge in [-0.1, -0.05) is 18.5 Å². The van der Waals surface area contributed by atoms with Gasteiger partial charge in [0.15, 0.2) is 0 Å². The summed E-state index contributed by atoms with van der Waals surface area (Å²) in [5, 5.41) is 7.37. The summed E-state index contributed by atoms with van der Waals surface area (Å²) in [7, 11) is 0. The Morgan fingerprint density at radius 1 is 1.33 bits per heavy atom. The molecule has 0 spiro atoms. The van der Waals surface area contributed by atoms with Gasteiger partial charge < -0.3 is 19.3 Å². The van der Waals surface area contributed by atoms with E-state index in [1.807, 2.05) is 6.92 Å². The highest BCUT2D eigenvalue weighted by Crippen LogP contribution is 2.20. The van der Waals surface area contributed by atoms with Crippen LogP contribution < -0.4 is 5.32 Å². The normalized spacial score (nSPS) is 18.0. The van der Waals surface area contributed by atoms with Gasteiger partial charge in [0, 0.05) is 6.61 Å². The zero-order chi connectivity index (χ0) is 14.9. The minimum atomic E-state index is -0.0529. The van der Waals surface area contributed by atoms with E-state index in [1.54, 1.807) is 0 Å². The van der Waals surface area contributed by atoms with Crippen molar-refractivity contribution < 1.29 is 14.0 Å². The van der Waals surface area contributed by atoms with Crippen molar-refractivity contribution >= 4 is 0 Å². The Labute approximate surface area is 126 Å². The van der Waals surface area contributed by atoms with Crippen LogP contribution in [0.15, 0.2) is 4.52 Å². The van der Waals surface area contributed by atoms with E-state index in [9.17, 15) is 0 Å². The van der Waals surface area contributed by atoms with Crippen LogP contribution in [0, 0.1) is 0 Å². The molecule has 1 aromatic rings. The fourth-order valence-corrected chi connectivity index (χ4v) is 2.53. The molecule has 0 amide bonds.